The quantitative estimate of drug-likeness (QED) is 0.465. The van der Waals surface area contributed by atoms with Gasteiger partial charge in [0, 0.05) is 0 Å². The maximum Gasteiger partial charge on any atom is 0.332 e. The highest BCUT2D eigenvalue weighted by Gasteiger charge is 2.03. The van der Waals surface area contributed by atoms with Crippen LogP contribution < -0.4 is 0 Å². The van der Waals surface area contributed by atoms with E-state index >= 15 is 0 Å². The van der Waals surface area contributed by atoms with Crippen LogP contribution in [0.25, 0.3) is 0 Å². The summed E-state index contributed by atoms with van der Waals surface area (Å²) in [7, 11) is 0. The van der Waals surface area contributed by atoms with E-state index in [1.54, 1.807) is 0 Å². The SMILES string of the molecule is CCCCOC(=O)COCC(=O)O. The first-order valence-corrected chi connectivity index (χ1v) is 4.12. The van der Waals surface area contributed by atoms with Crippen molar-refractivity contribution in [2.45, 2.75) is 19.8 Å². The molecule has 0 amide bonds. The lowest BCUT2D eigenvalue weighted by atomic mass is 10.4. The molecule has 0 aromatic rings. The van der Waals surface area contributed by atoms with E-state index in [1.807, 2.05) is 6.92 Å². The summed E-state index contributed by atoms with van der Waals surface area (Å²) in [5.74, 6) is -1.61. The van der Waals surface area contributed by atoms with Crippen molar-refractivity contribution in [2.24, 2.45) is 0 Å². The molecule has 0 aliphatic carbocycles. The highest BCUT2D eigenvalue weighted by Crippen LogP contribution is 1.89. The zero-order chi connectivity index (χ0) is 10.1. The molecule has 5 nitrogen and oxygen atoms in total. The van der Waals surface area contributed by atoms with Gasteiger partial charge in [0.15, 0.2) is 0 Å². The van der Waals surface area contributed by atoms with Crippen LogP contribution in [0.1, 0.15) is 19.8 Å². The molecule has 5 heteroatoms. The number of unbranched alkanes of at least 4 members (excludes halogenated alkanes) is 1. The number of carbonyl (C=O) groups is 2. The van der Waals surface area contributed by atoms with E-state index in [9.17, 15) is 9.59 Å². The van der Waals surface area contributed by atoms with Crippen LogP contribution in [0.3, 0.4) is 0 Å². The van der Waals surface area contributed by atoms with Crippen molar-refractivity contribution in [3.63, 3.8) is 0 Å². The third-order valence-electron chi connectivity index (χ3n) is 1.21. The monoisotopic (exact) mass is 190 g/mol. The maximum atomic E-state index is 10.8. The molecule has 1 N–H and O–H groups in total. The van der Waals surface area contributed by atoms with E-state index in [-0.39, 0.29) is 6.61 Å². The van der Waals surface area contributed by atoms with Gasteiger partial charge in [-0.1, -0.05) is 13.3 Å². The molecule has 13 heavy (non-hydrogen) atoms. The van der Waals surface area contributed by atoms with Gasteiger partial charge in [-0.15, -0.1) is 0 Å². The van der Waals surface area contributed by atoms with Gasteiger partial charge in [0.05, 0.1) is 6.61 Å². The number of carboxylic acid groups (broad SMARTS) is 1. The van der Waals surface area contributed by atoms with Crippen molar-refractivity contribution in [2.75, 3.05) is 19.8 Å². The molecule has 0 unspecified atom stereocenters. The Kier molecular flexibility index (Phi) is 6.91. The number of carboxylic acids is 1. The van der Waals surface area contributed by atoms with Crippen LogP contribution >= 0.6 is 0 Å². The molecule has 0 rings (SSSR count). The van der Waals surface area contributed by atoms with Gasteiger partial charge in [-0.3, -0.25) is 0 Å². The van der Waals surface area contributed by atoms with E-state index < -0.39 is 18.5 Å². The Labute approximate surface area is 76.6 Å². The van der Waals surface area contributed by atoms with Gasteiger partial charge in [0.1, 0.15) is 13.2 Å². The van der Waals surface area contributed by atoms with Gasteiger partial charge in [0.2, 0.25) is 0 Å². The van der Waals surface area contributed by atoms with Gasteiger partial charge in [-0.05, 0) is 6.42 Å². The molecular weight excluding hydrogens is 176 g/mol. The Morgan fingerprint density at radius 3 is 2.54 bits per heavy atom. The lowest BCUT2D eigenvalue weighted by molar-refractivity contribution is -0.152. The zero-order valence-corrected chi connectivity index (χ0v) is 7.62. The first-order valence-electron chi connectivity index (χ1n) is 4.12. The number of ether oxygens (including phenoxy) is 2. The third-order valence-corrected chi connectivity index (χ3v) is 1.21. The van der Waals surface area contributed by atoms with Crippen LogP contribution in [0.5, 0.6) is 0 Å². The fourth-order valence-electron chi connectivity index (χ4n) is 0.594. The molecule has 0 aliphatic heterocycles. The number of carbonyl (C=O) groups excluding carboxylic acids is 1. The van der Waals surface area contributed by atoms with Gasteiger partial charge in [-0.25, -0.2) is 9.59 Å². The number of hydrogen-bond acceptors (Lipinski definition) is 4. The molecule has 76 valence electrons. The van der Waals surface area contributed by atoms with Crippen LogP contribution in [0, 0.1) is 0 Å². The number of aliphatic carboxylic acids is 1. The van der Waals surface area contributed by atoms with Crippen LogP contribution in [0.15, 0.2) is 0 Å². The predicted molar refractivity (Wildman–Crippen MR) is 44.3 cm³/mol. The zero-order valence-electron chi connectivity index (χ0n) is 7.62. The van der Waals surface area contributed by atoms with Gasteiger partial charge in [-0.2, -0.15) is 0 Å². The Balaban J connectivity index is 3.25. The molecule has 0 aliphatic rings. The summed E-state index contributed by atoms with van der Waals surface area (Å²) in [6.07, 6.45) is 1.76. The maximum absolute atomic E-state index is 10.8. The molecule has 0 aromatic carbocycles. The first kappa shape index (κ1) is 11.9. The van der Waals surface area contributed by atoms with E-state index in [0.717, 1.165) is 12.8 Å². The molecule has 0 saturated heterocycles. The van der Waals surface area contributed by atoms with Gasteiger partial charge in [0.25, 0.3) is 0 Å². The summed E-state index contributed by atoms with van der Waals surface area (Å²) in [5, 5.41) is 8.16. The molecule has 0 radical (unpaired) electrons. The Morgan fingerprint density at radius 1 is 1.31 bits per heavy atom. The summed E-state index contributed by atoms with van der Waals surface area (Å²) in [6.45, 7) is 1.58. The second-order valence-electron chi connectivity index (χ2n) is 2.46. The van der Waals surface area contributed by atoms with Crippen LogP contribution in [-0.2, 0) is 19.1 Å². The average Bonchev–Trinajstić information content (AvgIpc) is 2.04. The Hall–Kier alpha value is -1.10. The molecule has 0 fully saturated rings. The minimum Gasteiger partial charge on any atom is -0.480 e. The summed E-state index contributed by atoms with van der Waals surface area (Å²) >= 11 is 0. The van der Waals surface area contributed by atoms with Crippen molar-refractivity contribution in [3.05, 3.63) is 0 Å². The minimum atomic E-state index is -1.10. The fraction of sp³-hybridized carbons (Fsp3) is 0.750. The van der Waals surface area contributed by atoms with Crippen molar-refractivity contribution in [1.29, 1.82) is 0 Å². The smallest absolute Gasteiger partial charge is 0.332 e. The fourth-order valence-corrected chi connectivity index (χ4v) is 0.594. The molecule has 0 bridgehead atoms. The molecule has 0 atom stereocenters. The van der Waals surface area contributed by atoms with E-state index in [1.165, 1.54) is 0 Å². The minimum absolute atomic E-state index is 0.296. The van der Waals surface area contributed by atoms with Crippen LogP contribution in [0.4, 0.5) is 0 Å². The van der Waals surface area contributed by atoms with Crippen molar-refractivity contribution in [1.82, 2.24) is 0 Å². The second kappa shape index (κ2) is 7.54. The lowest BCUT2D eigenvalue weighted by Crippen LogP contribution is -2.16. The standard InChI is InChI=1S/C8H14O5/c1-2-3-4-13-8(11)6-12-5-7(9)10/h2-6H2,1H3,(H,9,10). The summed E-state index contributed by atoms with van der Waals surface area (Å²) in [5.41, 5.74) is 0. The van der Waals surface area contributed by atoms with Crippen molar-refractivity contribution < 1.29 is 24.2 Å². The summed E-state index contributed by atoms with van der Waals surface area (Å²) in [6, 6.07) is 0. The molecule has 0 aromatic heterocycles. The topological polar surface area (TPSA) is 72.8 Å². The third kappa shape index (κ3) is 8.81. The first-order chi connectivity index (χ1) is 6.16. The largest absolute Gasteiger partial charge is 0.480 e. The molecular formula is C8H14O5. The Bertz CT molecular complexity index is 166. The van der Waals surface area contributed by atoms with Gasteiger partial charge < -0.3 is 14.6 Å². The van der Waals surface area contributed by atoms with Crippen molar-refractivity contribution >= 4 is 11.9 Å². The average molecular weight is 190 g/mol. The van der Waals surface area contributed by atoms with Crippen molar-refractivity contribution in [3.8, 4) is 0 Å². The predicted octanol–water partition coefficient (Wildman–Crippen LogP) is 0.431. The van der Waals surface area contributed by atoms with Gasteiger partial charge >= 0.3 is 11.9 Å². The highest BCUT2D eigenvalue weighted by molar-refractivity contribution is 5.72. The normalized spacial score (nSPS) is 9.62. The van der Waals surface area contributed by atoms with Crippen LogP contribution in [-0.4, -0.2) is 36.9 Å². The van der Waals surface area contributed by atoms with E-state index in [2.05, 4.69) is 4.74 Å². The van der Waals surface area contributed by atoms with E-state index in [4.69, 9.17) is 9.84 Å². The molecule has 0 saturated carbocycles. The summed E-state index contributed by atoms with van der Waals surface area (Å²) < 4.78 is 9.22. The van der Waals surface area contributed by atoms with Crippen LogP contribution in [0.2, 0.25) is 0 Å². The molecule has 0 heterocycles. The summed E-state index contributed by atoms with van der Waals surface area (Å²) in [4.78, 5) is 20.7. The number of hydrogen-bond donors (Lipinski definition) is 1. The Morgan fingerprint density at radius 2 is 2.00 bits per heavy atom. The van der Waals surface area contributed by atoms with E-state index in [0.29, 0.717) is 6.61 Å². The number of rotatable bonds is 7. The lowest BCUT2D eigenvalue weighted by Gasteiger charge is -2.02. The molecule has 0 spiro atoms. The second-order valence-corrected chi connectivity index (χ2v) is 2.46. The highest BCUT2D eigenvalue weighted by atomic mass is 16.6. The number of esters is 1.